The van der Waals surface area contributed by atoms with E-state index in [1.807, 2.05) is 36.4 Å². The number of fused-ring (bicyclic) bond motifs is 1. The highest BCUT2D eigenvalue weighted by atomic mass is 35.5. The fraction of sp³-hybridized carbons (Fsp3) is 0.148. The van der Waals surface area contributed by atoms with Gasteiger partial charge in [0.1, 0.15) is 5.69 Å². The van der Waals surface area contributed by atoms with Crippen LogP contribution < -0.4 is 15.4 Å². The molecule has 3 heterocycles. The van der Waals surface area contributed by atoms with Gasteiger partial charge in [0.05, 0.1) is 42.6 Å². The molecule has 3 N–H and O–H groups in total. The van der Waals surface area contributed by atoms with Crippen molar-refractivity contribution < 1.29 is 14.6 Å². The number of carbonyl (C=O) groups excluding carboxylic acids is 1. The van der Waals surface area contributed by atoms with Crippen molar-refractivity contribution in [1.29, 1.82) is 0 Å². The van der Waals surface area contributed by atoms with Crippen LogP contribution >= 0.6 is 23.2 Å². The lowest BCUT2D eigenvalue weighted by Crippen LogP contribution is -2.26. The first-order chi connectivity index (χ1) is 19.0. The molecule has 0 saturated carbocycles. The number of aromatic nitrogens is 5. The van der Waals surface area contributed by atoms with Crippen molar-refractivity contribution in [1.82, 2.24) is 30.0 Å². The first-order valence-corrected chi connectivity index (χ1v) is 12.7. The van der Waals surface area contributed by atoms with Crippen LogP contribution in [-0.4, -0.2) is 56.0 Å². The van der Waals surface area contributed by atoms with Crippen LogP contribution in [0, 0.1) is 0 Å². The SMILES string of the molecule is COc1cnc(-c2nn(Cc3c(Cl)ccc(C(=O)NCCO)c3Cl)c3ccccc23)nc1Nc1ccncc1. The molecule has 0 atom stereocenters. The number of aliphatic hydroxyl groups is 1. The first-order valence-electron chi connectivity index (χ1n) is 11.9. The van der Waals surface area contributed by atoms with Crippen LogP contribution in [0.3, 0.4) is 0 Å². The summed E-state index contributed by atoms with van der Waals surface area (Å²) in [5, 5.41) is 21.1. The van der Waals surface area contributed by atoms with Gasteiger partial charge in [0.15, 0.2) is 17.4 Å². The molecule has 0 unspecified atom stereocenters. The number of hydrogen-bond acceptors (Lipinski definition) is 8. The Morgan fingerprint density at radius 3 is 2.67 bits per heavy atom. The van der Waals surface area contributed by atoms with E-state index in [1.54, 1.807) is 42.5 Å². The first kappa shape index (κ1) is 26.4. The maximum absolute atomic E-state index is 12.5. The highest BCUT2D eigenvalue weighted by molar-refractivity contribution is 6.38. The summed E-state index contributed by atoms with van der Waals surface area (Å²) in [5.74, 6) is 0.921. The lowest BCUT2D eigenvalue weighted by atomic mass is 10.1. The molecule has 0 aliphatic rings. The number of nitrogens with one attached hydrogen (secondary N) is 2. The van der Waals surface area contributed by atoms with Gasteiger partial charge < -0.3 is 20.5 Å². The molecule has 39 heavy (non-hydrogen) atoms. The number of aliphatic hydroxyl groups excluding tert-OH is 1. The number of halogens is 2. The summed E-state index contributed by atoms with van der Waals surface area (Å²) < 4.78 is 7.20. The molecule has 0 radical (unpaired) electrons. The average molecular weight is 564 g/mol. The third-order valence-corrected chi connectivity index (χ3v) is 6.71. The number of benzene rings is 2. The summed E-state index contributed by atoms with van der Waals surface area (Å²) in [4.78, 5) is 25.8. The van der Waals surface area contributed by atoms with E-state index in [2.05, 4.69) is 20.6 Å². The smallest absolute Gasteiger partial charge is 0.252 e. The topological polar surface area (TPSA) is 127 Å². The van der Waals surface area contributed by atoms with E-state index in [-0.39, 0.29) is 30.3 Å². The molecule has 2 aromatic carbocycles. The molecular weight excluding hydrogens is 541 g/mol. The number of anilines is 2. The summed E-state index contributed by atoms with van der Waals surface area (Å²) in [6.45, 7) is 0.122. The predicted octanol–water partition coefficient (Wildman–Crippen LogP) is 4.72. The van der Waals surface area contributed by atoms with E-state index in [4.69, 9.17) is 43.1 Å². The van der Waals surface area contributed by atoms with Crippen molar-refractivity contribution in [3.05, 3.63) is 88.3 Å². The Kier molecular flexibility index (Phi) is 7.87. The van der Waals surface area contributed by atoms with Gasteiger partial charge in [-0.1, -0.05) is 41.4 Å². The number of carbonyl (C=O) groups is 1. The van der Waals surface area contributed by atoms with Gasteiger partial charge in [-0.3, -0.25) is 14.5 Å². The molecular formula is C27H23Cl2N7O3. The maximum atomic E-state index is 12.5. The number of amides is 1. The number of rotatable bonds is 9. The number of methoxy groups -OCH3 is 1. The highest BCUT2D eigenvalue weighted by Gasteiger charge is 2.21. The summed E-state index contributed by atoms with van der Waals surface area (Å²) in [5.41, 5.74) is 2.93. The van der Waals surface area contributed by atoms with Gasteiger partial charge in [-0.25, -0.2) is 9.97 Å². The van der Waals surface area contributed by atoms with Crippen LogP contribution in [0.4, 0.5) is 11.5 Å². The van der Waals surface area contributed by atoms with E-state index >= 15 is 0 Å². The molecule has 12 heteroatoms. The lowest BCUT2D eigenvalue weighted by Gasteiger charge is -2.12. The Balaban J connectivity index is 1.55. The molecule has 5 aromatic rings. The number of nitrogens with zero attached hydrogens (tertiary/aromatic N) is 5. The monoisotopic (exact) mass is 563 g/mol. The maximum Gasteiger partial charge on any atom is 0.252 e. The van der Waals surface area contributed by atoms with E-state index in [9.17, 15) is 4.79 Å². The van der Waals surface area contributed by atoms with Gasteiger partial charge in [-0.05, 0) is 30.3 Å². The minimum Gasteiger partial charge on any atom is -0.491 e. The molecule has 0 aliphatic carbocycles. The highest BCUT2D eigenvalue weighted by Crippen LogP contribution is 2.33. The zero-order valence-corrected chi connectivity index (χ0v) is 22.2. The van der Waals surface area contributed by atoms with Gasteiger partial charge in [-0.2, -0.15) is 5.10 Å². The second-order valence-corrected chi connectivity index (χ2v) is 9.15. The Bertz CT molecular complexity index is 1640. The van der Waals surface area contributed by atoms with Crippen molar-refractivity contribution in [2.24, 2.45) is 0 Å². The summed E-state index contributed by atoms with van der Waals surface area (Å²) in [6.07, 6.45) is 4.93. The van der Waals surface area contributed by atoms with Crippen molar-refractivity contribution >= 4 is 51.5 Å². The van der Waals surface area contributed by atoms with E-state index in [0.29, 0.717) is 33.7 Å². The van der Waals surface area contributed by atoms with Crippen LogP contribution in [0.15, 0.2) is 67.1 Å². The van der Waals surface area contributed by atoms with E-state index in [1.165, 1.54) is 0 Å². The summed E-state index contributed by atoms with van der Waals surface area (Å²) >= 11 is 13.2. The van der Waals surface area contributed by atoms with Gasteiger partial charge >= 0.3 is 0 Å². The van der Waals surface area contributed by atoms with Crippen LogP contribution in [0.25, 0.3) is 22.4 Å². The third-order valence-electron chi connectivity index (χ3n) is 5.92. The fourth-order valence-corrected chi connectivity index (χ4v) is 4.62. The zero-order valence-electron chi connectivity index (χ0n) is 20.7. The minimum atomic E-state index is -0.404. The van der Waals surface area contributed by atoms with Gasteiger partial charge in [0.25, 0.3) is 5.91 Å². The van der Waals surface area contributed by atoms with Crippen molar-refractivity contribution in [3.8, 4) is 17.3 Å². The molecule has 10 nitrogen and oxygen atoms in total. The van der Waals surface area contributed by atoms with Crippen LogP contribution in [0.2, 0.25) is 10.0 Å². The number of hydrogen-bond donors (Lipinski definition) is 3. The predicted molar refractivity (Wildman–Crippen MR) is 150 cm³/mol. The fourth-order valence-electron chi connectivity index (χ4n) is 4.04. The summed E-state index contributed by atoms with van der Waals surface area (Å²) in [6, 6.07) is 14.5. The summed E-state index contributed by atoms with van der Waals surface area (Å²) in [7, 11) is 1.55. The normalized spacial score (nSPS) is 11.0. The van der Waals surface area contributed by atoms with Gasteiger partial charge in [0.2, 0.25) is 0 Å². The van der Waals surface area contributed by atoms with E-state index in [0.717, 1.165) is 16.6 Å². The quantitative estimate of drug-likeness (QED) is 0.235. The number of ether oxygens (including phenoxy) is 1. The number of para-hydroxylation sites is 1. The second-order valence-electron chi connectivity index (χ2n) is 8.36. The third kappa shape index (κ3) is 5.49. The van der Waals surface area contributed by atoms with Crippen LogP contribution in [0.5, 0.6) is 5.75 Å². The van der Waals surface area contributed by atoms with Crippen molar-refractivity contribution in [2.45, 2.75) is 6.54 Å². The Hall–Kier alpha value is -4.25. The Morgan fingerprint density at radius 2 is 1.90 bits per heavy atom. The largest absolute Gasteiger partial charge is 0.491 e. The molecule has 0 spiro atoms. The molecule has 0 fully saturated rings. The molecule has 3 aromatic heterocycles. The van der Waals surface area contributed by atoms with Crippen LogP contribution in [0.1, 0.15) is 15.9 Å². The lowest BCUT2D eigenvalue weighted by molar-refractivity contribution is 0.0945. The van der Waals surface area contributed by atoms with Crippen LogP contribution in [-0.2, 0) is 6.54 Å². The molecule has 5 rings (SSSR count). The molecule has 0 bridgehead atoms. The Labute approximate surface area is 233 Å². The molecule has 198 valence electrons. The standard InChI is InChI=1S/C27H23Cl2N7O3/c1-39-22-14-32-26(34-25(22)33-16-8-10-30-11-9-16)24-17-4-2-3-5-21(17)36(35-24)15-19-20(28)7-6-18(23(19)29)27(38)31-12-13-37/h2-11,14,37H,12-13,15H2,1H3,(H,31,38)(H,30,32,33,34). The second kappa shape index (κ2) is 11.6. The molecule has 1 amide bonds. The van der Waals surface area contributed by atoms with Crippen molar-refractivity contribution in [2.75, 3.05) is 25.6 Å². The molecule has 0 aliphatic heterocycles. The van der Waals surface area contributed by atoms with Gasteiger partial charge in [-0.15, -0.1) is 0 Å². The van der Waals surface area contributed by atoms with Crippen molar-refractivity contribution in [3.63, 3.8) is 0 Å². The molecule has 0 saturated heterocycles. The van der Waals surface area contributed by atoms with E-state index < -0.39 is 5.91 Å². The Morgan fingerprint density at radius 1 is 1.10 bits per heavy atom. The zero-order chi connectivity index (χ0) is 27.4. The average Bonchev–Trinajstić information content (AvgIpc) is 3.33. The number of pyridine rings is 1. The minimum absolute atomic E-state index is 0.111. The van der Waals surface area contributed by atoms with Gasteiger partial charge in [0, 0.05) is 40.6 Å².